The Balaban J connectivity index is 1.57. The molecule has 3 rings (SSSR count). The molecule has 7 heteroatoms. The standard InChI is InChI=1S/C16H17FN2O3S/c1-12-4-2-7-16(18-12)22-15-9-19(10-15)23(20,21)11-13-5-3-6-14(17)8-13/h2-8,15H,9-11H2,1H3. The van der Waals surface area contributed by atoms with Crippen LogP contribution in [-0.2, 0) is 15.8 Å². The summed E-state index contributed by atoms with van der Waals surface area (Å²) in [6, 6.07) is 11.1. The number of halogens is 1. The maximum atomic E-state index is 13.1. The van der Waals surface area contributed by atoms with Crippen molar-refractivity contribution in [3.8, 4) is 5.88 Å². The first kappa shape index (κ1) is 15.9. The first-order valence-corrected chi connectivity index (χ1v) is 8.86. The molecule has 0 aliphatic carbocycles. The number of sulfonamides is 1. The quantitative estimate of drug-likeness (QED) is 0.839. The second-order valence-electron chi connectivity index (χ2n) is 5.56. The van der Waals surface area contributed by atoms with E-state index in [1.165, 1.54) is 22.5 Å². The summed E-state index contributed by atoms with van der Waals surface area (Å²) in [6.45, 7) is 2.43. The number of ether oxygens (including phenoxy) is 1. The van der Waals surface area contributed by atoms with Crippen molar-refractivity contribution in [3.63, 3.8) is 0 Å². The molecule has 2 heterocycles. The van der Waals surface area contributed by atoms with Crippen molar-refractivity contribution < 1.29 is 17.5 Å². The Bertz CT molecular complexity index is 804. The summed E-state index contributed by atoms with van der Waals surface area (Å²) >= 11 is 0. The van der Waals surface area contributed by atoms with Gasteiger partial charge in [-0.25, -0.2) is 17.8 Å². The van der Waals surface area contributed by atoms with Gasteiger partial charge in [0.1, 0.15) is 11.9 Å². The SMILES string of the molecule is Cc1cccc(OC2CN(S(=O)(=O)Cc3cccc(F)c3)C2)n1. The summed E-state index contributed by atoms with van der Waals surface area (Å²) in [7, 11) is -3.46. The van der Waals surface area contributed by atoms with Crippen molar-refractivity contribution in [3.05, 3.63) is 59.5 Å². The van der Waals surface area contributed by atoms with Crippen LogP contribution in [0.2, 0.25) is 0 Å². The number of hydrogen-bond donors (Lipinski definition) is 0. The van der Waals surface area contributed by atoms with Crippen molar-refractivity contribution >= 4 is 10.0 Å². The van der Waals surface area contributed by atoms with E-state index in [0.29, 0.717) is 11.4 Å². The van der Waals surface area contributed by atoms with Gasteiger partial charge in [0, 0.05) is 11.8 Å². The van der Waals surface area contributed by atoms with Crippen LogP contribution in [0.5, 0.6) is 5.88 Å². The summed E-state index contributed by atoms with van der Waals surface area (Å²) < 4.78 is 44.7. The number of aryl methyl sites for hydroxylation is 1. The second kappa shape index (κ2) is 6.25. The van der Waals surface area contributed by atoms with Crippen molar-refractivity contribution in [2.24, 2.45) is 0 Å². The molecule has 0 radical (unpaired) electrons. The van der Waals surface area contributed by atoms with E-state index in [9.17, 15) is 12.8 Å². The molecule has 1 fully saturated rings. The van der Waals surface area contributed by atoms with Gasteiger partial charge in [0.05, 0.1) is 18.8 Å². The summed E-state index contributed by atoms with van der Waals surface area (Å²) in [5.74, 6) is -0.148. The third kappa shape index (κ3) is 3.86. The van der Waals surface area contributed by atoms with E-state index in [1.807, 2.05) is 19.1 Å². The number of nitrogens with zero attached hydrogens (tertiary/aromatic N) is 2. The molecule has 0 N–H and O–H groups in total. The highest BCUT2D eigenvalue weighted by Gasteiger charge is 2.37. The van der Waals surface area contributed by atoms with E-state index in [4.69, 9.17) is 4.74 Å². The Morgan fingerprint density at radius 1 is 1.26 bits per heavy atom. The lowest BCUT2D eigenvalue weighted by Gasteiger charge is -2.37. The molecule has 0 spiro atoms. The molecule has 5 nitrogen and oxygen atoms in total. The highest BCUT2D eigenvalue weighted by molar-refractivity contribution is 7.88. The number of hydrogen-bond acceptors (Lipinski definition) is 4. The van der Waals surface area contributed by atoms with Crippen LogP contribution in [-0.4, -0.2) is 36.9 Å². The minimum atomic E-state index is -3.46. The average molecular weight is 336 g/mol. The van der Waals surface area contributed by atoms with Crippen LogP contribution in [0.1, 0.15) is 11.3 Å². The van der Waals surface area contributed by atoms with E-state index in [-0.39, 0.29) is 24.9 Å². The van der Waals surface area contributed by atoms with Gasteiger partial charge >= 0.3 is 0 Å². The summed E-state index contributed by atoms with van der Waals surface area (Å²) in [4.78, 5) is 4.23. The molecule has 1 saturated heterocycles. The molecule has 0 amide bonds. The zero-order valence-electron chi connectivity index (χ0n) is 12.6. The molecule has 1 aliphatic heterocycles. The van der Waals surface area contributed by atoms with E-state index >= 15 is 0 Å². The number of pyridine rings is 1. The molecular formula is C16H17FN2O3S. The van der Waals surface area contributed by atoms with Crippen molar-refractivity contribution in [1.82, 2.24) is 9.29 Å². The molecule has 122 valence electrons. The van der Waals surface area contributed by atoms with Gasteiger partial charge in [-0.1, -0.05) is 18.2 Å². The Labute approximate surface area is 134 Å². The minimum Gasteiger partial charge on any atom is -0.472 e. The third-order valence-electron chi connectivity index (χ3n) is 3.60. The van der Waals surface area contributed by atoms with Crippen LogP contribution in [0.4, 0.5) is 4.39 Å². The zero-order chi connectivity index (χ0) is 16.4. The lowest BCUT2D eigenvalue weighted by molar-refractivity contribution is 0.0718. The highest BCUT2D eigenvalue weighted by atomic mass is 32.2. The average Bonchev–Trinajstić information content (AvgIpc) is 2.41. The minimum absolute atomic E-state index is 0.202. The fourth-order valence-corrected chi connectivity index (χ4v) is 3.96. The van der Waals surface area contributed by atoms with Gasteiger partial charge in [0.25, 0.3) is 0 Å². The molecule has 1 aliphatic rings. The van der Waals surface area contributed by atoms with Crippen LogP contribution in [0.3, 0.4) is 0 Å². The predicted molar refractivity (Wildman–Crippen MR) is 84.0 cm³/mol. The molecule has 0 unspecified atom stereocenters. The lowest BCUT2D eigenvalue weighted by Crippen LogP contribution is -2.56. The van der Waals surface area contributed by atoms with Gasteiger partial charge < -0.3 is 4.74 Å². The van der Waals surface area contributed by atoms with Gasteiger partial charge in [-0.3, -0.25) is 0 Å². The largest absolute Gasteiger partial charge is 0.472 e. The smallest absolute Gasteiger partial charge is 0.218 e. The number of rotatable bonds is 5. The van der Waals surface area contributed by atoms with E-state index < -0.39 is 15.8 Å². The molecule has 0 saturated carbocycles. The van der Waals surface area contributed by atoms with Crippen LogP contribution >= 0.6 is 0 Å². The monoisotopic (exact) mass is 336 g/mol. The summed E-state index contributed by atoms with van der Waals surface area (Å²) in [5.41, 5.74) is 1.28. The summed E-state index contributed by atoms with van der Waals surface area (Å²) in [5, 5.41) is 0. The third-order valence-corrected chi connectivity index (χ3v) is 5.38. The van der Waals surface area contributed by atoms with E-state index in [1.54, 1.807) is 12.1 Å². The van der Waals surface area contributed by atoms with Gasteiger partial charge in [-0.2, -0.15) is 4.31 Å². The first-order valence-electron chi connectivity index (χ1n) is 7.25. The fraction of sp³-hybridized carbons (Fsp3) is 0.312. The molecule has 23 heavy (non-hydrogen) atoms. The molecule has 0 atom stereocenters. The normalized spacial score (nSPS) is 16.1. The van der Waals surface area contributed by atoms with Crippen molar-refractivity contribution in [1.29, 1.82) is 0 Å². The number of aromatic nitrogens is 1. The van der Waals surface area contributed by atoms with Crippen LogP contribution in [0.25, 0.3) is 0 Å². The first-order chi connectivity index (χ1) is 10.9. The van der Waals surface area contributed by atoms with Crippen LogP contribution < -0.4 is 4.74 Å². The zero-order valence-corrected chi connectivity index (χ0v) is 13.5. The van der Waals surface area contributed by atoms with Gasteiger partial charge in [0.15, 0.2) is 0 Å². The van der Waals surface area contributed by atoms with Gasteiger partial charge in [-0.15, -0.1) is 0 Å². The molecule has 2 aromatic rings. The van der Waals surface area contributed by atoms with Crippen LogP contribution in [0.15, 0.2) is 42.5 Å². The Kier molecular flexibility index (Phi) is 4.32. The molecule has 1 aromatic carbocycles. The predicted octanol–water partition coefficient (Wildman–Crippen LogP) is 2.12. The van der Waals surface area contributed by atoms with E-state index in [2.05, 4.69) is 4.98 Å². The Hall–Kier alpha value is -1.99. The lowest BCUT2D eigenvalue weighted by atomic mass is 10.2. The van der Waals surface area contributed by atoms with Crippen LogP contribution in [0, 0.1) is 12.7 Å². The topological polar surface area (TPSA) is 59.5 Å². The number of benzene rings is 1. The maximum Gasteiger partial charge on any atom is 0.218 e. The fourth-order valence-electron chi connectivity index (χ4n) is 2.39. The van der Waals surface area contributed by atoms with E-state index in [0.717, 1.165) is 5.69 Å². The Morgan fingerprint density at radius 3 is 2.70 bits per heavy atom. The van der Waals surface area contributed by atoms with Gasteiger partial charge in [0.2, 0.25) is 15.9 Å². The van der Waals surface area contributed by atoms with Crippen molar-refractivity contribution in [2.45, 2.75) is 18.8 Å². The summed E-state index contributed by atoms with van der Waals surface area (Å²) in [6.07, 6.45) is -0.202. The van der Waals surface area contributed by atoms with Crippen molar-refractivity contribution in [2.75, 3.05) is 13.1 Å². The van der Waals surface area contributed by atoms with Gasteiger partial charge in [-0.05, 0) is 30.7 Å². The molecule has 1 aromatic heterocycles. The molecular weight excluding hydrogens is 319 g/mol. The molecule has 0 bridgehead atoms. The highest BCUT2D eigenvalue weighted by Crippen LogP contribution is 2.22. The second-order valence-corrected chi connectivity index (χ2v) is 7.53. The Morgan fingerprint density at radius 2 is 2.00 bits per heavy atom. The maximum absolute atomic E-state index is 13.1.